The quantitative estimate of drug-likeness (QED) is 0.536. The van der Waals surface area contributed by atoms with Gasteiger partial charge in [0.15, 0.2) is 11.0 Å². The molecule has 3 aromatic rings. The molecule has 27 heavy (non-hydrogen) atoms. The summed E-state index contributed by atoms with van der Waals surface area (Å²) in [6.07, 6.45) is 0.0888. The second-order valence-electron chi connectivity index (χ2n) is 6.11. The molecule has 0 saturated carbocycles. The Morgan fingerprint density at radius 2 is 1.96 bits per heavy atom. The number of amidine groups is 1. The molecule has 0 saturated heterocycles. The van der Waals surface area contributed by atoms with E-state index in [2.05, 4.69) is 15.4 Å². The predicted molar refractivity (Wildman–Crippen MR) is 104 cm³/mol. The Morgan fingerprint density at radius 1 is 1.22 bits per heavy atom. The number of H-pyrrole nitrogens is 1. The van der Waals surface area contributed by atoms with Gasteiger partial charge in [0.25, 0.3) is 5.91 Å². The van der Waals surface area contributed by atoms with E-state index < -0.39 is 0 Å². The van der Waals surface area contributed by atoms with Crippen molar-refractivity contribution in [1.29, 1.82) is 0 Å². The van der Waals surface area contributed by atoms with Crippen molar-refractivity contribution in [2.45, 2.75) is 11.6 Å². The average molecular weight is 380 g/mol. The minimum atomic E-state index is -0.194. The van der Waals surface area contributed by atoms with Crippen LogP contribution >= 0.6 is 11.8 Å². The summed E-state index contributed by atoms with van der Waals surface area (Å²) in [4.78, 5) is 27.7. The maximum atomic E-state index is 12.3. The molecule has 0 bridgehead atoms. The first-order chi connectivity index (χ1) is 13.1. The molecule has 7 nitrogen and oxygen atoms in total. The Balaban J connectivity index is 1.39. The lowest BCUT2D eigenvalue weighted by atomic mass is 10.3. The summed E-state index contributed by atoms with van der Waals surface area (Å²) in [6, 6.07) is 17.1. The summed E-state index contributed by atoms with van der Waals surface area (Å²) < 4.78 is 2.01. The molecule has 0 radical (unpaired) electrons. The summed E-state index contributed by atoms with van der Waals surface area (Å²) in [7, 11) is 1.95. The number of fused-ring (bicyclic) bond motifs is 1. The van der Waals surface area contributed by atoms with Gasteiger partial charge in [0, 0.05) is 0 Å². The number of carbonyl (C=O) groups excluding carboxylic acids is 2. The normalized spacial score (nSPS) is 13.9. The van der Waals surface area contributed by atoms with Crippen molar-refractivity contribution in [1.82, 2.24) is 10.3 Å². The smallest absolute Gasteiger partial charge is 0.312 e. The molecule has 0 unspecified atom stereocenters. The van der Waals surface area contributed by atoms with Crippen LogP contribution in [0.5, 0.6) is 0 Å². The molecule has 136 valence electrons. The monoisotopic (exact) mass is 380 g/mol. The molecular weight excluding hydrogens is 362 g/mol. The van der Waals surface area contributed by atoms with Crippen molar-refractivity contribution in [3.8, 4) is 0 Å². The molecule has 2 amide bonds. The third-order valence-electron chi connectivity index (χ3n) is 4.21. The molecule has 2 heterocycles. The molecule has 0 fully saturated rings. The number of hydrogen-bond acceptors (Lipinski definition) is 4. The van der Waals surface area contributed by atoms with E-state index in [-0.39, 0.29) is 24.0 Å². The summed E-state index contributed by atoms with van der Waals surface area (Å²) >= 11 is 1.40. The molecule has 2 N–H and O–H groups in total. The van der Waals surface area contributed by atoms with Crippen LogP contribution in [-0.2, 0) is 16.6 Å². The Labute approximate surface area is 160 Å². The molecule has 1 aliphatic rings. The van der Waals surface area contributed by atoms with Crippen LogP contribution in [-0.4, -0.2) is 28.4 Å². The van der Waals surface area contributed by atoms with Gasteiger partial charge in [-0.15, -0.1) is 0 Å². The number of aromatic nitrogens is 2. The second kappa shape index (κ2) is 7.24. The average Bonchev–Trinajstić information content (AvgIpc) is 3.21. The van der Waals surface area contributed by atoms with Crippen LogP contribution in [0, 0.1) is 0 Å². The number of imidazole rings is 1. The number of hydrazone groups is 1. The van der Waals surface area contributed by atoms with E-state index in [1.54, 1.807) is 12.1 Å². The van der Waals surface area contributed by atoms with E-state index in [4.69, 9.17) is 0 Å². The molecule has 1 aromatic heterocycles. The van der Waals surface area contributed by atoms with Gasteiger partial charge in [-0.25, -0.2) is 9.55 Å². The highest BCUT2D eigenvalue weighted by Gasteiger charge is 2.26. The predicted octanol–water partition coefficient (Wildman–Crippen LogP) is 1.95. The van der Waals surface area contributed by atoms with Gasteiger partial charge in [-0.1, -0.05) is 30.3 Å². The number of aromatic amines is 1. The van der Waals surface area contributed by atoms with Crippen molar-refractivity contribution >= 4 is 46.1 Å². The fraction of sp³-hybridized carbons (Fsp3) is 0.158. The topological polar surface area (TPSA) is 81.4 Å². The standard InChI is InChI=1S/C19H17N5O2S/c1-23-15-10-6-5-9-14(15)20-19(23)27-12-17(25)21-16-11-18(26)24(22-16)13-7-3-2-4-8-13/h2-10H,11-12H2,1H3,(H,21,22,25)/p+1. The third kappa shape index (κ3) is 3.56. The minimum absolute atomic E-state index is 0.0888. The van der Waals surface area contributed by atoms with E-state index in [1.165, 1.54) is 16.8 Å². The van der Waals surface area contributed by atoms with Crippen molar-refractivity contribution in [3.05, 3.63) is 54.6 Å². The van der Waals surface area contributed by atoms with E-state index in [0.29, 0.717) is 11.5 Å². The number of nitrogens with zero attached hydrogens (tertiary/aromatic N) is 3. The highest BCUT2D eigenvalue weighted by Crippen LogP contribution is 2.20. The molecule has 0 atom stereocenters. The number of para-hydroxylation sites is 3. The molecular formula is C19H18N5O2S+. The molecule has 1 aliphatic heterocycles. The zero-order valence-electron chi connectivity index (χ0n) is 14.7. The largest absolute Gasteiger partial charge is 0.317 e. The lowest BCUT2D eigenvalue weighted by Gasteiger charge is -2.10. The van der Waals surface area contributed by atoms with Gasteiger partial charge >= 0.3 is 5.16 Å². The number of thioether (sulfide) groups is 1. The number of aryl methyl sites for hydroxylation is 1. The van der Waals surface area contributed by atoms with Gasteiger partial charge in [0.1, 0.15) is 5.84 Å². The maximum absolute atomic E-state index is 12.3. The Kier molecular flexibility index (Phi) is 4.64. The highest BCUT2D eigenvalue weighted by atomic mass is 32.2. The van der Waals surface area contributed by atoms with Crippen LogP contribution in [0.1, 0.15) is 6.42 Å². The Morgan fingerprint density at radius 3 is 2.74 bits per heavy atom. The lowest BCUT2D eigenvalue weighted by Crippen LogP contribution is -2.33. The summed E-state index contributed by atoms with van der Waals surface area (Å²) in [6.45, 7) is 0. The van der Waals surface area contributed by atoms with Gasteiger partial charge in [0.2, 0.25) is 5.91 Å². The molecule has 2 aromatic carbocycles. The van der Waals surface area contributed by atoms with Crippen LogP contribution in [0.15, 0.2) is 64.9 Å². The van der Waals surface area contributed by atoms with Crippen LogP contribution in [0.3, 0.4) is 0 Å². The SMILES string of the molecule is C[n+]1c(SCC(=O)NC2=NN(c3ccccc3)C(=O)C2)[nH]c2ccccc21. The molecule has 8 heteroatoms. The number of rotatable bonds is 4. The zero-order valence-corrected chi connectivity index (χ0v) is 15.5. The number of amides is 2. The summed E-state index contributed by atoms with van der Waals surface area (Å²) in [5, 5.41) is 9.18. The number of nitrogens with one attached hydrogen (secondary N) is 2. The van der Waals surface area contributed by atoms with Crippen molar-refractivity contribution in [3.63, 3.8) is 0 Å². The number of carbonyl (C=O) groups is 2. The van der Waals surface area contributed by atoms with Crippen molar-refractivity contribution in [2.75, 3.05) is 10.8 Å². The first-order valence-corrected chi connectivity index (χ1v) is 9.45. The molecule has 0 aliphatic carbocycles. The van der Waals surface area contributed by atoms with Gasteiger partial charge < -0.3 is 5.32 Å². The lowest BCUT2D eigenvalue weighted by molar-refractivity contribution is -0.683. The van der Waals surface area contributed by atoms with Crippen LogP contribution in [0.2, 0.25) is 0 Å². The van der Waals surface area contributed by atoms with E-state index in [1.807, 2.05) is 54.1 Å². The Bertz CT molecular complexity index is 1040. The summed E-state index contributed by atoms with van der Waals surface area (Å²) in [5.41, 5.74) is 2.78. The fourth-order valence-electron chi connectivity index (χ4n) is 2.91. The van der Waals surface area contributed by atoms with E-state index >= 15 is 0 Å². The van der Waals surface area contributed by atoms with Gasteiger partial charge in [-0.3, -0.25) is 9.59 Å². The second-order valence-corrected chi connectivity index (χ2v) is 7.07. The Hall–Kier alpha value is -3.13. The van der Waals surface area contributed by atoms with Crippen molar-refractivity contribution < 1.29 is 14.2 Å². The fourth-order valence-corrected chi connectivity index (χ4v) is 3.73. The number of hydrogen-bond donors (Lipinski definition) is 2. The van der Waals surface area contributed by atoms with Crippen LogP contribution in [0.4, 0.5) is 5.69 Å². The van der Waals surface area contributed by atoms with Gasteiger partial charge in [-0.2, -0.15) is 10.1 Å². The number of benzene rings is 2. The molecule has 0 spiro atoms. The summed E-state index contributed by atoms with van der Waals surface area (Å²) in [5.74, 6) is 0.237. The first-order valence-electron chi connectivity index (χ1n) is 8.46. The van der Waals surface area contributed by atoms with E-state index in [0.717, 1.165) is 16.2 Å². The van der Waals surface area contributed by atoms with Crippen molar-refractivity contribution in [2.24, 2.45) is 12.1 Å². The number of anilines is 1. The van der Waals surface area contributed by atoms with E-state index in [9.17, 15) is 9.59 Å². The minimum Gasteiger partial charge on any atom is -0.312 e. The third-order valence-corrected chi connectivity index (χ3v) is 5.27. The van der Waals surface area contributed by atoms with Crippen LogP contribution in [0.25, 0.3) is 11.0 Å². The van der Waals surface area contributed by atoms with Gasteiger partial charge in [-0.05, 0) is 36.0 Å². The zero-order chi connectivity index (χ0) is 18.8. The van der Waals surface area contributed by atoms with Crippen LogP contribution < -0.4 is 14.9 Å². The maximum Gasteiger partial charge on any atom is 0.317 e. The first kappa shape index (κ1) is 17.3. The molecule has 4 rings (SSSR count). The van der Waals surface area contributed by atoms with Gasteiger partial charge in [0.05, 0.1) is 24.9 Å². The highest BCUT2D eigenvalue weighted by molar-refractivity contribution is 7.99.